The Kier molecular flexibility index (Phi) is 3.47. The fourth-order valence-corrected chi connectivity index (χ4v) is 0.432. The van der Waals surface area contributed by atoms with Crippen molar-refractivity contribution in [2.45, 2.75) is 12.5 Å². The summed E-state index contributed by atoms with van der Waals surface area (Å²) in [6.07, 6.45) is -2.89. The zero-order chi connectivity index (χ0) is 9.72. The minimum atomic E-state index is -1.95. The Labute approximate surface area is 65.5 Å². The summed E-state index contributed by atoms with van der Waals surface area (Å²) >= 11 is 0. The third-order valence-electron chi connectivity index (χ3n) is 0.849. The Morgan fingerprint density at radius 3 is 2.25 bits per heavy atom. The van der Waals surface area contributed by atoms with Gasteiger partial charge in [0.05, 0.1) is 6.42 Å². The molecule has 12 heavy (non-hydrogen) atoms. The first-order valence-corrected chi connectivity index (χ1v) is 2.69. The Hall–Kier alpha value is -1.86. The first-order valence-electron chi connectivity index (χ1n) is 2.69. The molecule has 0 amide bonds. The quantitative estimate of drug-likeness (QED) is 0.414. The van der Waals surface area contributed by atoms with Gasteiger partial charge in [-0.05, 0) is 0 Å². The third kappa shape index (κ3) is 4.04. The molecule has 0 aromatic rings. The molecule has 0 saturated heterocycles. The number of rotatable bonds is 5. The van der Waals surface area contributed by atoms with Crippen LogP contribution in [0.1, 0.15) is 6.42 Å². The molecule has 0 rings (SSSR count). The minimum Gasteiger partial charge on any atom is -0.481 e. The van der Waals surface area contributed by atoms with E-state index in [-0.39, 0.29) is 0 Å². The maximum absolute atomic E-state index is 10.1. The van der Waals surface area contributed by atoms with Gasteiger partial charge in [-0.25, -0.2) is 4.79 Å². The average Bonchev–Trinajstić information content (AvgIpc) is 1.83. The van der Waals surface area contributed by atoms with E-state index >= 15 is 0 Å². The maximum atomic E-state index is 10.1. The van der Waals surface area contributed by atoms with Crippen molar-refractivity contribution in [3.8, 4) is 0 Å². The van der Waals surface area contributed by atoms with E-state index in [1.54, 1.807) is 0 Å². The van der Waals surface area contributed by atoms with E-state index in [1.165, 1.54) is 0 Å². The highest BCUT2D eigenvalue weighted by atomic mass is 17.0. The van der Waals surface area contributed by atoms with Crippen molar-refractivity contribution < 1.29 is 29.7 Å². The second kappa shape index (κ2) is 4.11. The fraction of sp³-hybridized carbons (Fsp3) is 0.500. The molecule has 1 atom stereocenters. The summed E-state index contributed by atoms with van der Waals surface area (Å²) in [6, 6.07) is 0. The molecule has 1 unspecified atom stereocenters. The molecule has 8 heteroatoms. The van der Waals surface area contributed by atoms with Crippen LogP contribution in [0.3, 0.4) is 0 Å². The standard InChI is InChI=1S/C4H5NO7/c6-3(7)1-2(4(8)9)12-5(10)11/h2H,1H2,(H,6,7)(H,8,9). The first kappa shape index (κ1) is 10.1. The summed E-state index contributed by atoms with van der Waals surface area (Å²) in [7, 11) is 0. The predicted molar refractivity (Wildman–Crippen MR) is 31.8 cm³/mol. The smallest absolute Gasteiger partial charge is 0.333 e. The van der Waals surface area contributed by atoms with Gasteiger partial charge >= 0.3 is 11.9 Å². The lowest BCUT2D eigenvalue weighted by Crippen LogP contribution is -2.29. The number of carboxylic acids is 2. The number of aliphatic carboxylic acids is 2. The molecule has 0 bridgehead atoms. The lowest BCUT2D eigenvalue weighted by Gasteiger charge is -2.05. The van der Waals surface area contributed by atoms with Gasteiger partial charge in [0.25, 0.3) is 5.09 Å². The molecule has 0 aliphatic carbocycles. The topological polar surface area (TPSA) is 127 Å². The van der Waals surface area contributed by atoms with Crippen LogP contribution in [0.15, 0.2) is 0 Å². The predicted octanol–water partition coefficient (Wildman–Crippen LogP) is -0.877. The number of hydrogen-bond donors (Lipinski definition) is 2. The Balaban J connectivity index is 4.14. The van der Waals surface area contributed by atoms with Crippen molar-refractivity contribution >= 4 is 11.9 Å². The summed E-state index contributed by atoms with van der Waals surface area (Å²) < 4.78 is 0. The summed E-state index contributed by atoms with van der Waals surface area (Å²) in [5.74, 6) is -3.17. The van der Waals surface area contributed by atoms with Crippen molar-refractivity contribution in [3.63, 3.8) is 0 Å². The molecule has 0 aromatic heterocycles. The number of carboxylic acid groups (broad SMARTS) is 2. The van der Waals surface area contributed by atoms with Gasteiger partial charge in [-0.3, -0.25) is 9.63 Å². The second-order valence-corrected chi connectivity index (χ2v) is 1.75. The molecule has 0 spiro atoms. The summed E-state index contributed by atoms with van der Waals surface area (Å²) in [5, 5.41) is 24.5. The van der Waals surface area contributed by atoms with Gasteiger partial charge in [0.2, 0.25) is 6.10 Å². The molecule has 0 aliphatic rings. The van der Waals surface area contributed by atoms with Crippen molar-refractivity contribution in [3.05, 3.63) is 10.1 Å². The lowest BCUT2D eigenvalue weighted by molar-refractivity contribution is -0.764. The van der Waals surface area contributed by atoms with Gasteiger partial charge in [-0.2, -0.15) is 0 Å². The van der Waals surface area contributed by atoms with Gasteiger partial charge < -0.3 is 10.2 Å². The molecular weight excluding hydrogens is 174 g/mol. The second-order valence-electron chi connectivity index (χ2n) is 1.75. The van der Waals surface area contributed by atoms with Gasteiger partial charge in [-0.15, -0.1) is 10.1 Å². The molecule has 0 radical (unpaired) electrons. The van der Waals surface area contributed by atoms with E-state index in [9.17, 15) is 19.7 Å². The van der Waals surface area contributed by atoms with Gasteiger partial charge in [-0.1, -0.05) is 0 Å². The van der Waals surface area contributed by atoms with Crippen LogP contribution in [0.25, 0.3) is 0 Å². The van der Waals surface area contributed by atoms with E-state index in [0.29, 0.717) is 0 Å². The molecule has 8 nitrogen and oxygen atoms in total. The van der Waals surface area contributed by atoms with Crippen LogP contribution < -0.4 is 0 Å². The van der Waals surface area contributed by atoms with Crippen molar-refractivity contribution in [2.24, 2.45) is 0 Å². The van der Waals surface area contributed by atoms with Crippen LogP contribution in [-0.4, -0.2) is 33.3 Å². The summed E-state index contributed by atoms with van der Waals surface area (Å²) in [6.45, 7) is 0. The van der Waals surface area contributed by atoms with E-state index in [1.807, 2.05) is 0 Å². The van der Waals surface area contributed by atoms with E-state index < -0.39 is 29.6 Å². The molecule has 2 N–H and O–H groups in total. The van der Waals surface area contributed by atoms with Gasteiger partial charge in [0.15, 0.2) is 0 Å². The van der Waals surface area contributed by atoms with Crippen molar-refractivity contribution in [1.82, 2.24) is 0 Å². The minimum absolute atomic E-state index is 0.948. The first-order chi connectivity index (χ1) is 5.43. The average molecular weight is 179 g/mol. The summed E-state index contributed by atoms with van der Waals surface area (Å²) in [4.78, 5) is 33.2. The zero-order valence-corrected chi connectivity index (χ0v) is 5.67. The van der Waals surface area contributed by atoms with Crippen molar-refractivity contribution in [2.75, 3.05) is 0 Å². The Morgan fingerprint density at radius 2 is 2.00 bits per heavy atom. The van der Waals surface area contributed by atoms with E-state index in [0.717, 1.165) is 0 Å². The number of carbonyl (C=O) groups is 2. The summed E-state index contributed by atoms with van der Waals surface area (Å²) in [5.41, 5.74) is 0. The SMILES string of the molecule is O=C(O)CC(O[N+](=O)[O-])C(=O)O. The lowest BCUT2D eigenvalue weighted by atomic mass is 10.2. The highest BCUT2D eigenvalue weighted by molar-refractivity contribution is 5.79. The van der Waals surface area contributed by atoms with Crippen molar-refractivity contribution in [1.29, 1.82) is 0 Å². The van der Waals surface area contributed by atoms with Crippen LogP contribution in [0, 0.1) is 10.1 Å². The molecule has 0 heterocycles. The van der Waals surface area contributed by atoms with Crippen LogP contribution in [0.5, 0.6) is 0 Å². The van der Waals surface area contributed by atoms with E-state index in [4.69, 9.17) is 10.2 Å². The van der Waals surface area contributed by atoms with Crippen LogP contribution in [-0.2, 0) is 14.4 Å². The molecule has 0 saturated carbocycles. The fourth-order valence-electron chi connectivity index (χ4n) is 0.432. The van der Waals surface area contributed by atoms with Crippen LogP contribution >= 0.6 is 0 Å². The van der Waals surface area contributed by atoms with Crippen LogP contribution in [0.4, 0.5) is 0 Å². The monoisotopic (exact) mass is 179 g/mol. The Morgan fingerprint density at radius 1 is 1.50 bits per heavy atom. The van der Waals surface area contributed by atoms with Gasteiger partial charge in [0.1, 0.15) is 0 Å². The highest BCUT2D eigenvalue weighted by Crippen LogP contribution is 1.98. The Bertz CT molecular complexity index is 195. The molecule has 0 fully saturated rings. The highest BCUT2D eigenvalue weighted by Gasteiger charge is 2.24. The zero-order valence-electron chi connectivity index (χ0n) is 5.67. The third-order valence-corrected chi connectivity index (χ3v) is 0.849. The van der Waals surface area contributed by atoms with Crippen LogP contribution in [0.2, 0.25) is 0 Å². The molecule has 0 aromatic carbocycles. The number of hydrogen-bond acceptors (Lipinski definition) is 5. The maximum Gasteiger partial charge on any atom is 0.333 e. The molecule has 68 valence electrons. The van der Waals surface area contributed by atoms with Gasteiger partial charge in [0, 0.05) is 0 Å². The molecule has 0 aliphatic heterocycles. The molecular formula is C4H5NO7. The number of nitrogens with zero attached hydrogens (tertiary/aromatic N) is 1. The van der Waals surface area contributed by atoms with E-state index in [2.05, 4.69) is 4.84 Å². The largest absolute Gasteiger partial charge is 0.481 e. The normalized spacial score (nSPS) is 11.7.